The summed E-state index contributed by atoms with van der Waals surface area (Å²) in [6, 6.07) is 0.392. The highest BCUT2D eigenvalue weighted by Crippen LogP contribution is 2.22. The van der Waals surface area contributed by atoms with Crippen LogP contribution in [0.15, 0.2) is 0 Å². The summed E-state index contributed by atoms with van der Waals surface area (Å²) in [7, 11) is 0. The van der Waals surface area contributed by atoms with Crippen molar-refractivity contribution in [2.75, 3.05) is 6.54 Å². The van der Waals surface area contributed by atoms with Crippen LogP contribution in [-0.4, -0.2) is 18.5 Å². The first-order chi connectivity index (χ1) is 7.12. The highest BCUT2D eigenvalue weighted by molar-refractivity contribution is 5.82. The Morgan fingerprint density at radius 3 is 2.47 bits per heavy atom. The molecule has 0 aliphatic heterocycles. The molecule has 1 fully saturated rings. The standard InChI is InChI=1S/C12H24N2O/c1-3-12(2,9-13)11(15)14-10-7-5-4-6-8-10/h10H,3-9,13H2,1-2H3,(H,14,15). The van der Waals surface area contributed by atoms with Crippen LogP contribution in [-0.2, 0) is 4.79 Å². The Kier molecular flexibility index (Phi) is 4.58. The zero-order valence-electron chi connectivity index (χ0n) is 10.0. The molecule has 1 saturated carbocycles. The normalized spacial score (nSPS) is 22.1. The van der Waals surface area contributed by atoms with Gasteiger partial charge in [-0.1, -0.05) is 26.2 Å². The maximum absolute atomic E-state index is 12.0. The molecule has 1 amide bonds. The van der Waals surface area contributed by atoms with E-state index in [0.29, 0.717) is 12.6 Å². The molecule has 0 heterocycles. The van der Waals surface area contributed by atoms with Gasteiger partial charge in [-0.15, -0.1) is 0 Å². The molecular weight excluding hydrogens is 188 g/mol. The Bertz CT molecular complexity index is 206. The second-order valence-corrected chi connectivity index (χ2v) is 4.93. The Balaban J connectivity index is 2.45. The predicted octanol–water partition coefficient (Wildman–Crippen LogP) is 1.81. The summed E-state index contributed by atoms with van der Waals surface area (Å²) in [4.78, 5) is 12.0. The van der Waals surface area contributed by atoms with E-state index in [2.05, 4.69) is 5.32 Å². The summed E-state index contributed by atoms with van der Waals surface area (Å²) in [5, 5.41) is 3.14. The van der Waals surface area contributed by atoms with E-state index in [9.17, 15) is 4.79 Å². The summed E-state index contributed by atoms with van der Waals surface area (Å²) in [5.41, 5.74) is 5.29. The number of hydrogen-bond donors (Lipinski definition) is 2. The number of nitrogens with one attached hydrogen (secondary N) is 1. The molecule has 3 N–H and O–H groups in total. The zero-order valence-corrected chi connectivity index (χ0v) is 10.0. The van der Waals surface area contributed by atoms with Crippen molar-refractivity contribution in [1.82, 2.24) is 5.32 Å². The topological polar surface area (TPSA) is 55.1 Å². The highest BCUT2D eigenvalue weighted by Gasteiger charge is 2.31. The van der Waals surface area contributed by atoms with E-state index in [-0.39, 0.29) is 11.3 Å². The van der Waals surface area contributed by atoms with E-state index in [1.807, 2.05) is 13.8 Å². The molecule has 3 heteroatoms. The third-order valence-electron chi connectivity index (χ3n) is 3.72. The Hall–Kier alpha value is -0.570. The largest absolute Gasteiger partial charge is 0.353 e. The van der Waals surface area contributed by atoms with Crippen LogP contribution in [0.4, 0.5) is 0 Å². The molecule has 1 rings (SSSR count). The van der Waals surface area contributed by atoms with Crippen LogP contribution in [0.5, 0.6) is 0 Å². The van der Waals surface area contributed by atoms with Crippen molar-refractivity contribution in [2.45, 2.75) is 58.4 Å². The Labute approximate surface area is 92.8 Å². The molecule has 1 aliphatic carbocycles. The van der Waals surface area contributed by atoms with Crippen LogP contribution >= 0.6 is 0 Å². The van der Waals surface area contributed by atoms with E-state index in [0.717, 1.165) is 19.3 Å². The average molecular weight is 212 g/mol. The van der Waals surface area contributed by atoms with E-state index < -0.39 is 0 Å². The quantitative estimate of drug-likeness (QED) is 0.746. The zero-order chi connectivity index (χ0) is 11.3. The van der Waals surface area contributed by atoms with Crippen LogP contribution in [0, 0.1) is 5.41 Å². The third-order valence-corrected chi connectivity index (χ3v) is 3.72. The monoisotopic (exact) mass is 212 g/mol. The molecule has 0 aromatic heterocycles. The first-order valence-electron chi connectivity index (χ1n) is 6.13. The number of carbonyl (C=O) groups is 1. The van der Waals surface area contributed by atoms with Crippen LogP contribution in [0.2, 0.25) is 0 Å². The minimum Gasteiger partial charge on any atom is -0.353 e. The summed E-state index contributed by atoms with van der Waals surface area (Å²) >= 11 is 0. The molecule has 0 bridgehead atoms. The summed E-state index contributed by atoms with van der Waals surface area (Å²) < 4.78 is 0. The molecule has 1 aliphatic rings. The molecule has 0 aromatic rings. The van der Waals surface area contributed by atoms with Gasteiger partial charge in [-0.05, 0) is 26.2 Å². The lowest BCUT2D eigenvalue weighted by atomic mass is 9.85. The van der Waals surface area contributed by atoms with Gasteiger partial charge in [0.15, 0.2) is 0 Å². The van der Waals surface area contributed by atoms with Gasteiger partial charge in [0.25, 0.3) is 0 Å². The lowest BCUT2D eigenvalue weighted by Crippen LogP contribution is -2.47. The maximum atomic E-state index is 12.0. The molecule has 1 unspecified atom stereocenters. The smallest absolute Gasteiger partial charge is 0.227 e. The molecule has 0 aromatic carbocycles. The molecule has 0 saturated heterocycles. The maximum Gasteiger partial charge on any atom is 0.227 e. The Morgan fingerprint density at radius 2 is 2.00 bits per heavy atom. The summed E-state index contributed by atoms with van der Waals surface area (Å²) in [5.74, 6) is 0.138. The molecule has 1 atom stereocenters. The number of rotatable bonds is 4. The lowest BCUT2D eigenvalue weighted by molar-refractivity contribution is -0.130. The van der Waals surface area contributed by atoms with Crippen LogP contribution < -0.4 is 11.1 Å². The van der Waals surface area contributed by atoms with Gasteiger partial charge in [-0.25, -0.2) is 0 Å². The van der Waals surface area contributed by atoms with Gasteiger partial charge >= 0.3 is 0 Å². The average Bonchev–Trinajstić information content (AvgIpc) is 2.29. The van der Waals surface area contributed by atoms with E-state index in [1.54, 1.807) is 0 Å². The number of hydrogen-bond acceptors (Lipinski definition) is 2. The predicted molar refractivity (Wildman–Crippen MR) is 62.5 cm³/mol. The van der Waals surface area contributed by atoms with Crippen LogP contribution in [0.3, 0.4) is 0 Å². The van der Waals surface area contributed by atoms with E-state index >= 15 is 0 Å². The minimum atomic E-state index is -0.378. The van der Waals surface area contributed by atoms with Gasteiger partial charge < -0.3 is 11.1 Å². The van der Waals surface area contributed by atoms with Crippen molar-refractivity contribution in [3.8, 4) is 0 Å². The van der Waals surface area contributed by atoms with Gasteiger partial charge in [-0.3, -0.25) is 4.79 Å². The Morgan fingerprint density at radius 1 is 1.40 bits per heavy atom. The van der Waals surface area contributed by atoms with Crippen molar-refractivity contribution in [3.05, 3.63) is 0 Å². The summed E-state index contributed by atoms with van der Waals surface area (Å²) in [6.45, 7) is 4.40. The van der Waals surface area contributed by atoms with Crippen molar-refractivity contribution in [1.29, 1.82) is 0 Å². The van der Waals surface area contributed by atoms with Crippen LogP contribution in [0.1, 0.15) is 52.4 Å². The van der Waals surface area contributed by atoms with E-state index in [1.165, 1.54) is 19.3 Å². The van der Waals surface area contributed by atoms with Gasteiger partial charge in [-0.2, -0.15) is 0 Å². The molecule has 0 radical (unpaired) electrons. The summed E-state index contributed by atoms with van der Waals surface area (Å²) in [6.07, 6.45) is 6.88. The fourth-order valence-electron chi connectivity index (χ4n) is 2.00. The van der Waals surface area contributed by atoms with Crippen molar-refractivity contribution < 1.29 is 4.79 Å². The molecule has 15 heavy (non-hydrogen) atoms. The van der Waals surface area contributed by atoms with Crippen molar-refractivity contribution in [2.24, 2.45) is 11.1 Å². The van der Waals surface area contributed by atoms with E-state index in [4.69, 9.17) is 5.73 Å². The SMILES string of the molecule is CCC(C)(CN)C(=O)NC1CCCCC1. The number of amides is 1. The molecular formula is C12H24N2O. The highest BCUT2D eigenvalue weighted by atomic mass is 16.2. The molecule has 0 spiro atoms. The third kappa shape index (κ3) is 3.20. The van der Waals surface area contributed by atoms with Crippen molar-refractivity contribution in [3.63, 3.8) is 0 Å². The van der Waals surface area contributed by atoms with Gasteiger partial charge in [0, 0.05) is 12.6 Å². The first kappa shape index (κ1) is 12.5. The lowest BCUT2D eigenvalue weighted by Gasteiger charge is -2.30. The molecule has 88 valence electrons. The van der Waals surface area contributed by atoms with Gasteiger partial charge in [0.1, 0.15) is 0 Å². The van der Waals surface area contributed by atoms with Crippen molar-refractivity contribution >= 4 is 5.91 Å². The first-order valence-corrected chi connectivity index (χ1v) is 6.13. The number of carbonyl (C=O) groups excluding carboxylic acids is 1. The number of nitrogens with two attached hydrogens (primary N) is 1. The minimum absolute atomic E-state index is 0.138. The molecule has 3 nitrogen and oxygen atoms in total. The second-order valence-electron chi connectivity index (χ2n) is 4.93. The van der Waals surface area contributed by atoms with Crippen LogP contribution in [0.25, 0.3) is 0 Å². The fourth-order valence-corrected chi connectivity index (χ4v) is 2.00. The second kappa shape index (κ2) is 5.50. The fraction of sp³-hybridized carbons (Fsp3) is 0.917. The van der Waals surface area contributed by atoms with Gasteiger partial charge in [0.2, 0.25) is 5.91 Å². The van der Waals surface area contributed by atoms with Gasteiger partial charge in [0.05, 0.1) is 5.41 Å².